The number of likely N-dealkylation sites (tertiary alicyclic amines) is 2. The van der Waals surface area contributed by atoms with Crippen LogP contribution in [0.2, 0.25) is 0 Å². The number of nitrogens with one attached hydrogen (secondary N) is 3. The minimum absolute atomic E-state index is 0.0940. The first-order valence-corrected chi connectivity index (χ1v) is 24.7. The van der Waals surface area contributed by atoms with Crippen molar-refractivity contribution in [1.29, 1.82) is 0 Å². The Morgan fingerprint density at radius 2 is 1.09 bits per heavy atom. The molecule has 2 aromatic rings. The smallest absolute Gasteiger partial charge is 0.405 e. The first-order chi connectivity index (χ1) is 27.8. The molecule has 3 heterocycles. The molecule has 0 saturated carbocycles. The first kappa shape index (κ1) is 56.9. The summed E-state index contributed by atoms with van der Waals surface area (Å²) in [6.07, 6.45) is 11.8. The van der Waals surface area contributed by atoms with Crippen LogP contribution < -0.4 is 21.7 Å². The van der Waals surface area contributed by atoms with Crippen molar-refractivity contribution in [3.63, 3.8) is 0 Å². The highest BCUT2D eigenvalue weighted by molar-refractivity contribution is 8.15. The van der Waals surface area contributed by atoms with Crippen LogP contribution in [-0.2, 0) is 17.8 Å². The molecule has 1 atom stereocenters. The summed E-state index contributed by atoms with van der Waals surface area (Å²) in [5, 5.41) is 9.63. The SMILES string of the molecule is CC(Cl)OC(=O)Cl.CSC(=O)Cl.CSC(=O)NC1CCN(Cc2ccccc2)CC1.CSC(=O)NC1CCNCC1.ClCCl.NC1CCN(Cc2ccccc2)CC1. The third-order valence-corrected chi connectivity index (χ3v) is 10.4. The summed E-state index contributed by atoms with van der Waals surface area (Å²) < 4.78 is 3.79. The van der Waals surface area contributed by atoms with Crippen LogP contribution in [0.25, 0.3) is 0 Å². The van der Waals surface area contributed by atoms with Crippen LogP contribution in [0.5, 0.6) is 0 Å². The molecular weight excluding hydrogens is 906 g/mol. The lowest BCUT2D eigenvalue weighted by Gasteiger charge is -2.32. The lowest BCUT2D eigenvalue weighted by atomic mass is 10.0. The number of ether oxygens (including phenoxy) is 1. The van der Waals surface area contributed by atoms with Gasteiger partial charge in [0.25, 0.3) is 15.1 Å². The number of carbonyl (C=O) groups is 4. The molecule has 1 unspecified atom stereocenters. The highest BCUT2D eigenvalue weighted by Crippen LogP contribution is 2.15. The van der Waals surface area contributed by atoms with Gasteiger partial charge in [-0.3, -0.25) is 24.2 Å². The Morgan fingerprint density at radius 1 is 0.724 bits per heavy atom. The van der Waals surface area contributed by atoms with Gasteiger partial charge in [0.15, 0.2) is 5.56 Å². The Labute approximate surface area is 384 Å². The molecule has 2 aromatic carbocycles. The topological polar surface area (TPSA) is 146 Å². The van der Waals surface area contributed by atoms with Gasteiger partial charge in [0, 0.05) is 55.9 Å². The first-order valence-electron chi connectivity index (χ1n) is 18.8. The number of alkyl halides is 3. The van der Waals surface area contributed by atoms with Gasteiger partial charge in [-0.2, -0.15) is 0 Å². The summed E-state index contributed by atoms with van der Waals surface area (Å²) in [6.45, 7) is 10.1. The van der Waals surface area contributed by atoms with Crippen LogP contribution >= 0.6 is 93.3 Å². The number of hydrogen-bond donors (Lipinski definition) is 4. The van der Waals surface area contributed by atoms with Crippen molar-refractivity contribution in [2.75, 3.05) is 63.4 Å². The van der Waals surface area contributed by atoms with E-state index in [0.717, 1.165) is 103 Å². The predicted molar refractivity (Wildman–Crippen MR) is 253 cm³/mol. The maximum atomic E-state index is 11.3. The zero-order chi connectivity index (χ0) is 43.6. The van der Waals surface area contributed by atoms with Crippen LogP contribution in [0.4, 0.5) is 19.2 Å². The van der Waals surface area contributed by atoms with E-state index in [1.165, 1.54) is 41.6 Å². The number of halogens is 5. The van der Waals surface area contributed by atoms with Crippen LogP contribution in [0.1, 0.15) is 56.6 Å². The van der Waals surface area contributed by atoms with E-state index in [1.54, 1.807) is 12.5 Å². The second-order valence-corrected chi connectivity index (χ2v) is 17.5. The summed E-state index contributed by atoms with van der Waals surface area (Å²) in [7, 11) is 0. The molecule has 0 aromatic heterocycles. The van der Waals surface area contributed by atoms with Gasteiger partial charge in [-0.1, -0.05) is 108 Å². The van der Waals surface area contributed by atoms with Gasteiger partial charge < -0.3 is 26.4 Å². The highest BCUT2D eigenvalue weighted by Gasteiger charge is 2.20. The molecule has 3 fully saturated rings. The monoisotopic (exact) mass is 964 g/mol. The van der Waals surface area contributed by atoms with E-state index in [1.807, 2.05) is 12.3 Å². The molecule has 0 spiro atoms. The average Bonchev–Trinajstić information content (AvgIpc) is 3.21. The molecule has 3 aliphatic rings. The Hall–Kier alpha value is -1.14. The molecule has 5 N–H and O–H groups in total. The number of rotatable bonds is 7. The maximum absolute atomic E-state index is 11.3. The van der Waals surface area contributed by atoms with Crippen molar-refractivity contribution in [2.45, 2.75) is 82.2 Å². The van der Waals surface area contributed by atoms with Crippen molar-refractivity contribution >= 4 is 114 Å². The third-order valence-electron chi connectivity index (χ3n) is 8.49. The van der Waals surface area contributed by atoms with Crippen LogP contribution in [0.15, 0.2) is 60.7 Å². The third kappa shape index (κ3) is 33.6. The zero-order valence-electron chi connectivity index (χ0n) is 33.8. The second kappa shape index (κ2) is 37.6. The number of thioether (sulfide) groups is 3. The molecule has 0 radical (unpaired) electrons. The van der Waals surface area contributed by atoms with E-state index >= 15 is 0 Å². The number of piperidine rings is 3. The average molecular weight is 967 g/mol. The minimum atomic E-state index is -0.873. The van der Waals surface area contributed by atoms with Gasteiger partial charge in [0.05, 0.1) is 5.34 Å². The molecule has 3 aliphatic heterocycles. The molecule has 58 heavy (non-hydrogen) atoms. The lowest BCUT2D eigenvalue weighted by Crippen LogP contribution is -2.43. The fraction of sp³-hybridized carbons (Fsp3) is 0.590. The van der Waals surface area contributed by atoms with Crippen LogP contribution in [0.3, 0.4) is 0 Å². The fourth-order valence-electron chi connectivity index (χ4n) is 5.57. The Balaban J connectivity index is 0.000000729. The van der Waals surface area contributed by atoms with E-state index < -0.39 is 11.0 Å². The van der Waals surface area contributed by atoms with E-state index in [4.69, 9.17) is 63.7 Å². The molecule has 2 amide bonds. The van der Waals surface area contributed by atoms with E-state index in [0.29, 0.717) is 18.1 Å². The van der Waals surface area contributed by atoms with Crippen LogP contribution in [-0.4, -0.2) is 117 Å². The lowest BCUT2D eigenvalue weighted by molar-refractivity contribution is 0.166. The van der Waals surface area contributed by atoms with E-state index in [2.05, 4.69) is 85.1 Å². The fourth-order valence-corrected chi connectivity index (χ4v) is 6.40. The summed E-state index contributed by atoms with van der Waals surface area (Å²) in [5.74, 6) is 0. The van der Waals surface area contributed by atoms with Gasteiger partial charge >= 0.3 is 5.43 Å². The van der Waals surface area contributed by atoms with Gasteiger partial charge in [0.2, 0.25) is 0 Å². The number of benzene rings is 2. The Kier molecular flexibility index (Phi) is 36.9. The predicted octanol–water partition coefficient (Wildman–Crippen LogP) is 10.2. The number of nitrogens with zero attached hydrogens (tertiary/aromatic N) is 2. The molecule has 5 rings (SSSR count). The second-order valence-electron chi connectivity index (χ2n) is 12.9. The van der Waals surface area contributed by atoms with Gasteiger partial charge in [-0.15, -0.1) is 23.2 Å². The number of carbonyl (C=O) groups excluding carboxylic acids is 4. The van der Waals surface area contributed by atoms with Gasteiger partial charge in [0.1, 0.15) is 0 Å². The van der Waals surface area contributed by atoms with Crippen molar-refractivity contribution in [3.8, 4) is 0 Å². The maximum Gasteiger partial charge on any atom is 0.405 e. The van der Waals surface area contributed by atoms with E-state index in [9.17, 15) is 19.2 Å². The summed E-state index contributed by atoms with van der Waals surface area (Å²) >= 11 is 27.7. The summed E-state index contributed by atoms with van der Waals surface area (Å²) in [4.78, 5) is 46.4. The van der Waals surface area contributed by atoms with E-state index in [-0.39, 0.29) is 20.4 Å². The molecule has 11 nitrogen and oxygen atoms in total. The zero-order valence-corrected chi connectivity index (χ0v) is 40.0. The molecular formula is C39H61Cl5N6O5S3. The van der Waals surface area contributed by atoms with Gasteiger partial charge in [-0.25, -0.2) is 4.79 Å². The number of hydrogen-bond acceptors (Lipinski definition) is 12. The van der Waals surface area contributed by atoms with Crippen LogP contribution in [0, 0.1) is 0 Å². The molecule has 0 aliphatic carbocycles. The number of amides is 2. The Bertz CT molecular complexity index is 1350. The largest absolute Gasteiger partial charge is 0.434 e. The molecule has 0 bridgehead atoms. The summed E-state index contributed by atoms with van der Waals surface area (Å²) in [5.41, 5.74) is 7.13. The number of nitrogens with two attached hydrogens (primary N) is 1. The molecule has 330 valence electrons. The minimum Gasteiger partial charge on any atom is -0.434 e. The normalized spacial score (nSPS) is 16.5. The highest BCUT2D eigenvalue weighted by atomic mass is 35.5. The summed E-state index contributed by atoms with van der Waals surface area (Å²) in [6, 6.07) is 22.4. The molecule has 19 heteroatoms. The van der Waals surface area contributed by atoms with Crippen molar-refractivity contribution in [1.82, 2.24) is 25.8 Å². The standard InChI is InChI=1S/C14H20N2OS.C12H18N2.C7H14N2OS.C3H4Cl2O2.C2H3ClOS.CH2Cl2/c1-18-14(17)15-13-7-9-16(10-8-13)11-12-5-3-2-4-6-12;13-12-6-8-14(9-7-12)10-11-4-2-1-3-5-11;1-11-7(10)9-6-2-4-8-5-3-6;1-2(4)7-3(5)6;1-5-2(3)4;2-1-3/h2-6,13H,7-11H2,1H3,(H,15,17);1-5,12H,6-10,13H2;6,8H,2-5H2,1H3,(H,9,10);2H,1H3;1H3;1H2. The quantitative estimate of drug-likeness (QED) is 0.155. The van der Waals surface area contributed by atoms with Crippen molar-refractivity contribution in [3.05, 3.63) is 71.8 Å². The van der Waals surface area contributed by atoms with Gasteiger partial charge in [-0.05, 0) is 113 Å². The van der Waals surface area contributed by atoms with Crippen molar-refractivity contribution in [2.24, 2.45) is 5.73 Å². The molecule has 3 saturated heterocycles. The van der Waals surface area contributed by atoms with Crippen molar-refractivity contribution < 1.29 is 23.9 Å². The Morgan fingerprint density at radius 3 is 1.40 bits per heavy atom.